The first-order chi connectivity index (χ1) is 8.50. The van der Waals surface area contributed by atoms with Crippen LogP contribution in [0.5, 0.6) is 0 Å². The minimum Gasteiger partial charge on any atom is -0.370 e. The third kappa shape index (κ3) is 2.94. The Balaban J connectivity index is 2.18. The third-order valence-corrected chi connectivity index (χ3v) is 3.51. The van der Waals surface area contributed by atoms with E-state index in [1.54, 1.807) is 0 Å². The summed E-state index contributed by atoms with van der Waals surface area (Å²) in [7, 11) is 0. The lowest BCUT2D eigenvalue weighted by molar-refractivity contribution is -0.137. The largest absolute Gasteiger partial charge is 0.417 e. The van der Waals surface area contributed by atoms with Gasteiger partial charge in [-0.3, -0.25) is 4.98 Å². The first-order valence-electron chi connectivity index (χ1n) is 6.28. The first kappa shape index (κ1) is 13.2. The van der Waals surface area contributed by atoms with E-state index in [4.69, 9.17) is 0 Å². The van der Waals surface area contributed by atoms with Crippen LogP contribution in [-0.4, -0.2) is 18.1 Å². The normalized spacial score (nSPS) is 21.1. The molecule has 2 nitrogen and oxygen atoms in total. The third-order valence-electron chi connectivity index (χ3n) is 3.51. The fourth-order valence-electron chi connectivity index (χ4n) is 2.39. The van der Waals surface area contributed by atoms with Crippen molar-refractivity contribution in [1.29, 1.82) is 0 Å². The highest BCUT2D eigenvalue weighted by molar-refractivity contribution is 5.47. The van der Waals surface area contributed by atoms with E-state index in [1.165, 1.54) is 18.7 Å². The van der Waals surface area contributed by atoms with Gasteiger partial charge in [0.15, 0.2) is 0 Å². The van der Waals surface area contributed by atoms with Crippen molar-refractivity contribution in [2.24, 2.45) is 5.92 Å². The second-order valence-electron chi connectivity index (χ2n) is 4.79. The monoisotopic (exact) mass is 258 g/mol. The zero-order chi connectivity index (χ0) is 13.2. The van der Waals surface area contributed by atoms with Gasteiger partial charge in [-0.05, 0) is 24.8 Å². The molecule has 1 aromatic rings. The van der Waals surface area contributed by atoms with Gasteiger partial charge in [0.2, 0.25) is 0 Å². The number of piperidine rings is 1. The molecule has 0 bridgehead atoms. The number of alkyl halides is 3. The van der Waals surface area contributed by atoms with Crippen LogP contribution >= 0.6 is 0 Å². The second kappa shape index (κ2) is 5.16. The SMILES string of the molecule is CCC1CCCN(c2cncc(C(F)(F)F)c2)C1. The Morgan fingerprint density at radius 1 is 1.39 bits per heavy atom. The summed E-state index contributed by atoms with van der Waals surface area (Å²) in [5.74, 6) is 0.577. The summed E-state index contributed by atoms with van der Waals surface area (Å²) in [6.45, 7) is 3.78. The van der Waals surface area contributed by atoms with Gasteiger partial charge >= 0.3 is 6.18 Å². The highest BCUT2D eigenvalue weighted by Crippen LogP contribution is 2.32. The summed E-state index contributed by atoms with van der Waals surface area (Å²) in [6.07, 6.45) is 1.36. The van der Waals surface area contributed by atoms with Crippen LogP contribution in [0.1, 0.15) is 31.7 Å². The van der Waals surface area contributed by atoms with Gasteiger partial charge in [0, 0.05) is 19.3 Å². The van der Waals surface area contributed by atoms with Crippen molar-refractivity contribution in [2.75, 3.05) is 18.0 Å². The molecule has 1 saturated heterocycles. The Morgan fingerprint density at radius 2 is 2.17 bits per heavy atom. The van der Waals surface area contributed by atoms with Crippen LogP contribution in [0.25, 0.3) is 0 Å². The molecule has 1 unspecified atom stereocenters. The lowest BCUT2D eigenvalue weighted by Crippen LogP contribution is -2.35. The van der Waals surface area contributed by atoms with Crippen molar-refractivity contribution >= 4 is 5.69 Å². The lowest BCUT2D eigenvalue weighted by atomic mass is 9.95. The van der Waals surface area contributed by atoms with E-state index in [9.17, 15) is 13.2 Å². The van der Waals surface area contributed by atoms with Gasteiger partial charge in [0.05, 0.1) is 17.4 Å². The summed E-state index contributed by atoms with van der Waals surface area (Å²) in [5.41, 5.74) is -0.0819. The fraction of sp³-hybridized carbons (Fsp3) is 0.615. The molecule has 100 valence electrons. The summed E-state index contributed by atoms with van der Waals surface area (Å²) in [5, 5.41) is 0. The quantitative estimate of drug-likeness (QED) is 0.803. The predicted octanol–water partition coefficient (Wildman–Crippen LogP) is 3.73. The maximum absolute atomic E-state index is 12.6. The molecule has 0 radical (unpaired) electrons. The molecule has 5 heteroatoms. The molecule has 0 saturated carbocycles. The van der Waals surface area contributed by atoms with E-state index in [2.05, 4.69) is 11.9 Å². The van der Waals surface area contributed by atoms with E-state index < -0.39 is 11.7 Å². The first-order valence-corrected chi connectivity index (χ1v) is 6.28. The van der Waals surface area contributed by atoms with E-state index in [-0.39, 0.29) is 0 Å². The highest BCUT2D eigenvalue weighted by Gasteiger charge is 2.31. The number of pyridine rings is 1. The maximum Gasteiger partial charge on any atom is 0.417 e. The fourth-order valence-corrected chi connectivity index (χ4v) is 2.39. The van der Waals surface area contributed by atoms with Crippen LogP contribution < -0.4 is 4.90 Å². The Morgan fingerprint density at radius 3 is 2.83 bits per heavy atom. The molecule has 0 amide bonds. The molecule has 2 heterocycles. The predicted molar refractivity (Wildman–Crippen MR) is 64.5 cm³/mol. The molecule has 0 aromatic carbocycles. The molecule has 0 N–H and O–H groups in total. The zero-order valence-electron chi connectivity index (χ0n) is 10.4. The summed E-state index contributed by atoms with van der Waals surface area (Å²) >= 11 is 0. The summed E-state index contributed by atoms with van der Waals surface area (Å²) in [6, 6.07) is 1.20. The van der Waals surface area contributed by atoms with Crippen LogP contribution in [0.3, 0.4) is 0 Å². The number of anilines is 1. The van der Waals surface area contributed by atoms with E-state index in [0.717, 1.165) is 32.1 Å². The van der Waals surface area contributed by atoms with Crippen molar-refractivity contribution < 1.29 is 13.2 Å². The topological polar surface area (TPSA) is 16.1 Å². The number of halogens is 3. The van der Waals surface area contributed by atoms with Crippen LogP contribution in [0.15, 0.2) is 18.5 Å². The second-order valence-corrected chi connectivity index (χ2v) is 4.79. The molecule has 1 aromatic heterocycles. The number of nitrogens with zero attached hydrogens (tertiary/aromatic N) is 2. The van der Waals surface area contributed by atoms with Gasteiger partial charge in [0.1, 0.15) is 0 Å². The van der Waals surface area contributed by atoms with E-state index >= 15 is 0 Å². The average molecular weight is 258 g/mol. The van der Waals surface area contributed by atoms with Crippen molar-refractivity contribution in [3.05, 3.63) is 24.0 Å². The Bertz CT molecular complexity index is 403. The average Bonchev–Trinajstić information content (AvgIpc) is 2.38. The van der Waals surface area contributed by atoms with Gasteiger partial charge in [0.25, 0.3) is 0 Å². The number of hydrogen-bond acceptors (Lipinski definition) is 2. The van der Waals surface area contributed by atoms with Crippen molar-refractivity contribution in [3.63, 3.8) is 0 Å². The van der Waals surface area contributed by atoms with Gasteiger partial charge in [-0.25, -0.2) is 0 Å². The molecule has 0 aliphatic carbocycles. The smallest absolute Gasteiger partial charge is 0.370 e. The lowest BCUT2D eigenvalue weighted by Gasteiger charge is -2.34. The van der Waals surface area contributed by atoms with E-state index in [1.807, 2.05) is 4.90 Å². The molecule has 1 atom stereocenters. The molecule has 1 aliphatic heterocycles. The van der Waals surface area contributed by atoms with Crippen molar-refractivity contribution in [2.45, 2.75) is 32.4 Å². The van der Waals surface area contributed by atoms with Gasteiger partial charge in [-0.15, -0.1) is 0 Å². The van der Waals surface area contributed by atoms with Crippen molar-refractivity contribution in [1.82, 2.24) is 4.98 Å². The zero-order valence-corrected chi connectivity index (χ0v) is 10.4. The van der Waals surface area contributed by atoms with Crippen LogP contribution in [0.2, 0.25) is 0 Å². The van der Waals surface area contributed by atoms with Crippen LogP contribution in [0.4, 0.5) is 18.9 Å². The van der Waals surface area contributed by atoms with Crippen LogP contribution in [-0.2, 0) is 6.18 Å². The molecular weight excluding hydrogens is 241 g/mol. The Labute approximate surface area is 105 Å². The summed E-state index contributed by atoms with van der Waals surface area (Å²) in [4.78, 5) is 5.73. The minimum absolute atomic E-state index is 0.577. The van der Waals surface area contributed by atoms with Gasteiger partial charge in [-0.2, -0.15) is 13.2 Å². The molecule has 1 aliphatic rings. The molecule has 1 fully saturated rings. The molecule has 2 rings (SSSR count). The minimum atomic E-state index is -4.32. The summed E-state index contributed by atoms with van der Waals surface area (Å²) < 4.78 is 37.9. The number of rotatable bonds is 2. The number of hydrogen-bond donors (Lipinski definition) is 0. The Hall–Kier alpha value is -1.26. The Kier molecular flexibility index (Phi) is 3.78. The number of aromatic nitrogens is 1. The van der Waals surface area contributed by atoms with Crippen molar-refractivity contribution in [3.8, 4) is 0 Å². The maximum atomic E-state index is 12.6. The van der Waals surface area contributed by atoms with Gasteiger partial charge in [-0.1, -0.05) is 13.3 Å². The standard InChI is InChI=1S/C13H17F3N2/c1-2-10-4-3-5-18(9-10)12-6-11(7-17-8-12)13(14,15)16/h6-8,10H,2-5,9H2,1H3. The molecule has 18 heavy (non-hydrogen) atoms. The van der Waals surface area contributed by atoms with Gasteiger partial charge < -0.3 is 4.90 Å². The van der Waals surface area contributed by atoms with E-state index in [0.29, 0.717) is 11.6 Å². The highest BCUT2D eigenvalue weighted by atomic mass is 19.4. The van der Waals surface area contributed by atoms with Crippen LogP contribution in [0, 0.1) is 5.92 Å². The molecular formula is C13H17F3N2. The molecule has 0 spiro atoms.